The van der Waals surface area contributed by atoms with Gasteiger partial charge in [0.25, 0.3) is 5.91 Å². The van der Waals surface area contributed by atoms with E-state index in [0.29, 0.717) is 17.9 Å². The molecule has 27 heavy (non-hydrogen) atoms. The largest absolute Gasteiger partial charge is 0.350 e. The first-order valence-corrected chi connectivity index (χ1v) is 10.3. The van der Waals surface area contributed by atoms with Crippen LogP contribution in [0.4, 0.5) is 5.69 Å². The van der Waals surface area contributed by atoms with Crippen molar-refractivity contribution >= 4 is 29.3 Å². The van der Waals surface area contributed by atoms with Crippen LogP contribution < -0.4 is 10.2 Å². The second-order valence-electron chi connectivity index (χ2n) is 7.16. The lowest BCUT2D eigenvalue weighted by molar-refractivity contribution is -0.116. The molecule has 0 unspecified atom stereocenters. The molecular weight excluding hydrogens is 356 g/mol. The molecule has 0 saturated carbocycles. The highest BCUT2D eigenvalue weighted by Gasteiger charge is 2.26. The molecule has 1 heterocycles. The molecule has 5 heteroatoms. The first kappa shape index (κ1) is 19.5. The van der Waals surface area contributed by atoms with E-state index in [1.165, 1.54) is 22.9 Å². The minimum absolute atomic E-state index is 0.0768. The summed E-state index contributed by atoms with van der Waals surface area (Å²) in [5.74, 6) is 0.408. The first-order chi connectivity index (χ1) is 12.9. The molecule has 0 bridgehead atoms. The topological polar surface area (TPSA) is 49.4 Å². The fourth-order valence-electron chi connectivity index (χ4n) is 3.07. The molecule has 0 aliphatic carbocycles. The third-order valence-electron chi connectivity index (χ3n) is 4.99. The number of rotatable bonds is 5. The Hall–Kier alpha value is -2.27. The summed E-state index contributed by atoms with van der Waals surface area (Å²) in [6.07, 6.45) is 0.879. The first-order valence-electron chi connectivity index (χ1n) is 9.33. The van der Waals surface area contributed by atoms with E-state index in [9.17, 15) is 9.59 Å². The number of nitrogens with one attached hydrogen (secondary N) is 1. The van der Waals surface area contributed by atoms with Crippen molar-refractivity contribution in [3.63, 3.8) is 0 Å². The van der Waals surface area contributed by atoms with Crippen molar-refractivity contribution in [1.82, 2.24) is 5.32 Å². The molecule has 2 amide bonds. The Morgan fingerprint density at radius 2 is 2.00 bits per heavy atom. The van der Waals surface area contributed by atoms with E-state index in [1.54, 1.807) is 0 Å². The molecule has 0 aromatic heterocycles. The van der Waals surface area contributed by atoms with Crippen molar-refractivity contribution in [1.29, 1.82) is 0 Å². The molecule has 2 aromatic rings. The maximum Gasteiger partial charge on any atom is 0.251 e. The standard InChI is InChI=1S/C22H26N2O2S/c1-5-16(4)23-22(26)17-8-9-20-19(11-17)24(21(25)13-27-20)12-18-10-14(2)6-7-15(18)3/h6-11,16H,5,12-13H2,1-4H3,(H,23,26)/t16-/m1/s1. The van der Waals surface area contributed by atoms with Gasteiger partial charge in [-0.25, -0.2) is 0 Å². The van der Waals surface area contributed by atoms with Crippen LogP contribution in [0.5, 0.6) is 0 Å². The predicted molar refractivity (Wildman–Crippen MR) is 111 cm³/mol. The molecule has 1 atom stereocenters. The van der Waals surface area contributed by atoms with Gasteiger partial charge in [-0.05, 0) is 56.5 Å². The van der Waals surface area contributed by atoms with Crippen molar-refractivity contribution in [2.24, 2.45) is 0 Å². The molecular formula is C22H26N2O2S. The molecule has 4 nitrogen and oxygen atoms in total. The monoisotopic (exact) mass is 382 g/mol. The quantitative estimate of drug-likeness (QED) is 0.830. The van der Waals surface area contributed by atoms with Gasteiger partial charge in [0.2, 0.25) is 5.91 Å². The highest BCUT2D eigenvalue weighted by Crippen LogP contribution is 2.37. The summed E-state index contributed by atoms with van der Waals surface area (Å²) < 4.78 is 0. The Labute approximate surface area is 165 Å². The number of aryl methyl sites for hydroxylation is 2. The molecule has 0 saturated heterocycles. The third-order valence-corrected chi connectivity index (χ3v) is 6.03. The van der Waals surface area contributed by atoms with Crippen LogP contribution >= 0.6 is 11.8 Å². The number of nitrogens with zero attached hydrogens (tertiary/aromatic N) is 1. The zero-order chi connectivity index (χ0) is 19.6. The van der Waals surface area contributed by atoms with Crippen LogP contribution in [-0.4, -0.2) is 23.6 Å². The molecule has 1 aliphatic rings. The van der Waals surface area contributed by atoms with Crippen LogP contribution in [0.3, 0.4) is 0 Å². The van der Waals surface area contributed by atoms with Gasteiger partial charge < -0.3 is 10.2 Å². The molecule has 1 aliphatic heterocycles. The van der Waals surface area contributed by atoms with Gasteiger partial charge in [0.1, 0.15) is 0 Å². The summed E-state index contributed by atoms with van der Waals surface area (Å²) in [5.41, 5.74) is 4.90. The van der Waals surface area contributed by atoms with E-state index in [1.807, 2.05) is 36.9 Å². The lowest BCUT2D eigenvalue weighted by Crippen LogP contribution is -2.36. The van der Waals surface area contributed by atoms with E-state index in [-0.39, 0.29) is 17.9 Å². The third kappa shape index (κ3) is 4.35. The van der Waals surface area contributed by atoms with Crippen LogP contribution in [0.15, 0.2) is 41.3 Å². The van der Waals surface area contributed by atoms with Gasteiger partial charge in [0, 0.05) is 16.5 Å². The molecule has 0 spiro atoms. The molecule has 142 valence electrons. The summed E-state index contributed by atoms with van der Waals surface area (Å²) in [6, 6.07) is 12.1. The number of benzene rings is 2. The average Bonchev–Trinajstić information content (AvgIpc) is 2.66. The van der Waals surface area contributed by atoms with Crippen LogP contribution in [0.2, 0.25) is 0 Å². The highest BCUT2D eigenvalue weighted by molar-refractivity contribution is 8.00. The van der Waals surface area contributed by atoms with Gasteiger partial charge in [-0.2, -0.15) is 0 Å². The summed E-state index contributed by atoms with van der Waals surface area (Å²) >= 11 is 1.53. The van der Waals surface area contributed by atoms with Gasteiger partial charge in [-0.1, -0.05) is 30.7 Å². The number of carbonyl (C=O) groups is 2. The van der Waals surface area contributed by atoms with Gasteiger partial charge in [-0.3, -0.25) is 9.59 Å². The van der Waals surface area contributed by atoms with Crippen molar-refractivity contribution in [3.8, 4) is 0 Å². The van der Waals surface area contributed by atoms with E-state index >= 15 is 0 Å². The number of carbonyl (C=O) groups excluding carboxylic acids is 2. The van der Waals surface area contributed by atoms with Crippen LogP contribution in [0.1, 0.15) is 47.3 Å². The predicted octanol–water partition coefficient (Wildman–Crippen LogP) is 4.47. The second-order valence-corrected chi connectivity index (χ2v) is 8.18. The molecule has 0 fully saturated rings. The smallest absolute Gasteiger partial charge is 0.251 e. The Balaban J connectivity index is 1.93. The van der Waals surface area contributed by atoms with Crippen LogP contribution in [0, 0.1) is 13.8 Å². The van der Waals surface area contributed by atoms with E-state index < -0.39 is 0 Å². The number of amides is 2. The summed E-state index contributed by atoms with van der Waals surface area (Å²) in [7, 11) is 0. The normalized spacial score (nSPS) is 14.7. The second kappa shape index (κ2) is 8.17. The number of hydrogen-bond acceptors (Lipinski definition) is 3. The minimum atomic E-state index is -0.0955. The molecule has 3 rings (SSSR count). The van der Waals surface area contributed by atoms with E-state index in [4.69, 9.17) is 0 Å². The number of hydrogen-bond donors (Lipinski definition) is 1. The van der Waals surface area contributed by atoms with Crippen molar-refractivity contribution in [2.45, 2.75) is 51.6 Å². The Morgan fingerprint density at radius 3 is 2.74 bits per heavy atom. The van der Waals surface area contributed by atoms with Crippen LogP contribution in [0.25, 0.3) is 0 Å². The summed E-state index contributed by atoms with van der Waals surface area (Å²) in [6.45, 7) is 8.68. The molecule has 1 N–H and O–H groups in total. The minimum Gasteiger partial charge on any atom is -0.350 e. The molecule has 0 radical (unpaired) electrons. The summed E-state index contributed by atoms with van der Waals surface area (Å²) in [5, 5.41) is 3.00. The van der Waals surface area contributed by atoms with Gasteiger partial charge in [0.15, 0.2) is 0 Å². The number of fused-ring (bicyclic) bond motifs is 1. The lowest BCUT2D eigenvalue weighted by atomic mass is 10.0. The fourth-order valence-corrected chi connectivity index (χ4v) is 3.98. The van der Waals surface area contributed by atoms with E-state index in [0.717, 1.165) is 22.6 Å². The lowest BCUT2D eigenvalue weighted by Gasteiger charge is -2.30. The zero-order valence-corrected chi connectivity index (χ0v) is 17.2. The van der Waals surface area contributed by atoms with Gasteiger partial charge >= 0.3 is 0 Å². The molecule has 2 aromatic carbocycles. The van der Waals surface area contributed by atoms with Crippen molar-refractivity contribution in [2.75, 3.05) is 10.7 Å². The number of thioether (sulfide) groups is 1. The zero-order valence-electron chi connectivity index (χ0n) is 16.3. The maximum atomic E-state index is 12.7. The van der Waals surface area contributed by atoms with E-state index in [2.05, 4.69) is 37.4 Å². The highest BCUT2D eigenvalue weighted by atomic mass is 32.2. The fraction of sp³-hybridized carbons (Fsp3) is 0.364. The average molecular weight is 383 g/mol. The van der Waals surface area contributed by atoms with Gasteiger partial charge in [0.05, 0.1) is 18.0 Å². The Kier molecular flexibility index (Phi) is 5.90. The Morgan fingerprint density at radius 1 is 1.22 bits per heavy atom. The number of anilines is 1. The van der Waals surface area contributed by atoms with Crippen molar-refractivity contribution < 1.29 is 9.59 Å². The van der Waals surface area contributed by atoms with Crippen LogP contribution in [-0.2, 0) is 11.3 Å². The van der Waals surface area contributed by atoms with Crippen molar-refractivity contribution in [3.05, 3.63) is 58.7 Å². The van der Waals surface area contributed by atoms with Gasteiger partial charge in [-0.15, -0.1) is 11.8 Å². The Bertz CT molecular complexity index is 879. The maximum absolute atomic E-state index is 12.7. The SMILES string of the molecule is CC[C@@H](C)NC(=O)c1ccc2c(c1)N(Cc1cc(C)ccc1C)C(=O)CS2. The summed E-state index contributed by atoms with van der Waals surface area (Å²) in [4.78, 5) is 28.0.